The average Bonchev–Trinajstić information content (AvgIpc) is 3.17. The van der Waals surface area contributed by atoms with Gasteiger partial charge in [-0.05, 0) is 61.5 Å². The van der Waals surface area contributed by atoms with Gasteiger partial charge in [-0.25, -0.2) is 0 Å². The minimum Gasteiger partial charge on any atom is -0.392 e. The molecule has 0 aromatic heterocycles. The molecule has 6 heteroatoms. The molecular formula is C22H22O6. The van der Waals surface area contributed by atoms with Gasteiger partial charge in [0.15, 0.2) is 0 Å². The van der Waals surface area contributed by atoms with E-state index in [-0.39, 0.29) is 11.8 Å². The maximum atomic E-state index is 12.8. The first-order valence-electron chi connectivity index (χ1n) is 10.5. The van der Waals surface area contributed by atoms with Gasteiger partial charge in [0.1, 0.15) is 0 Å². The zero-order valence-corrected chi connectivity index (χ0v) is 15.6. The van der Waals surface area contributed by atoms with E-state index in [9.17, 15) is 19.2 Å². The van der Waals surface area contributed by atoms with Gasteiger partial charge in [-0.1, -0.05) is 24.0 Å². The Hall–Kier alpha value is -2.24. The molecule has 0 radical (unpaired) electrons. The van der Waals surface area contributed by atoms with Crippen molar-refractivity contribution < 1.29 is 28.7 Å². The third-order valence-electron chi connectivity index (χ3n) is 7.96. The predicted molar refractivity (Wildman–Crippen MR) is 94.1 cm³/mol. The summed E-state index contributed by atoms with van der Waals surface area (Å²) in [6, 6.07) is 0. The van der Waals surface area contributed by atoms with Gasteiger partial charge in [-0.15, -0.1) is 0 Å². The van der Waals surface area contributed by atoms with Crippen molar-refractivity contribution in [2.45, 2.75) is 51.4 Å². The van der Waals surface area contributed by atoms with E-state index in [4.69, 9.17) is 9.47 Å². The highest BCUT2D eigenvalue weighted by Crippen LogP contribution is 2.61. The van der Waals surface area contributed by atoms with Crippen LogP contribution < -0.4 is 0 Å². The molecule has 0 amide bonds. The highest BCUT2D eigenvalue weighted by atomic mass is 16.6. The molecule has 6 atom stereocenters. The second kappa shape index (κ2) is 5.65. The number of allylic oxidation sites excluding steroid dienone is 2. The number of cyclic esters (lactones) is 4. The van der Waals surface area contributed by atoms with Gasteiger partial charge in [0.05, 0.1) is 23.7 Å². The van der Waals surface area contributed by atoms with Gasteiger partial charge >= 0.3 is 23.9 Å². The van der Waals surface area contributed by atoms with E-state index in [1.54, 1.807) is 0 Å². The molecular weight excluding hydrogens is 360 g/mol. The van der Waals surface area contributed by atoms with Crippen LogP contribution in [0, 0.1) is 35.5 Å². The minimum absolute atomic E-state index is 0.0543. The Morgan fingerprint density at radius 3 is 1.43 bits per heavy atom. The Bertz CT molecular complexity index is 834. The zero-order valence-electron chi connectivity index (χ0n) is 15.6. The summed E-state index contributed by atoms with van der Waals surface area (Å²) in [4.78, 5) is 50.8. The first-order chi connectivity index (χ1) is 13.6. The van der Waals surface area contributed by atoms with E-state index in [1.807, 2.05) is 0 Å². The van der Waals surface area contributed by atoms with Crippen LogP contribution >= 0.6 is 0 Å². The largest absolute Gasteiger partial charge is 0.392 e. The number of esters is 4. The fraction of sp³-hybridized carbons (Fsp3) is 0.636. The molecule has 0 spiro atoms. The van der Waals surface area contributed by atoms with Crippen LogP contribution in [0.3, 0.4) is 0 Å². The molecule has 6 aliphatic rings. The van der Waals surface area contributed by atoms with Crippen molar-refractivity contribution in [2.24, 2.45) is 35.5 Å². The molecule has 0 unspecified atom stereocenters. The molecule has 2 aliphatic heterocycles. The summed E-state index contributed by atoms with van der Waals surface area (Å²) in [6.45, 7) is 0. The van der Waals surface area contributed by atoms with Gasteiger partial charge in [0.25, 0.3) is 0 Å². The van der Waals surface area contributed by atoms with Crippen LogP contribution in [-0.2, 0) is 28.7 Å². The quantitative estimate of drug-likeness (QED) is 0.473. The molecule has 0 aromatic carbocycles. The first kappa shape index (κ1) is 16.7. The van der Waals surface area contributed by atoms with Crippen LogP contribution in [0.1, 0.15) is 51.4 Å². The van der Waals surface area contributed by atoms with Crippen molar-refractivity contribution in [1.29, 1.82) is 0 Å². The van der Waals surface area contributed by atoms with Crippen LogP contribution in [0.25, 0.3) is 0 Å². The average molecular weight is 382 g/mol. The molecule has 2 heterocycles. The number of rotatable bonds is 0. The van der Waals surface area contributed by atoms with Crippen LogP contribution in [0.2, 0.25) is 0 Å². The number of hydrogen-bond donors (Lipinski definition) is 0. The molecule has 4 aliphatic carbocycles. The van der Waals surface area contributed by atoms with Crippen LogP contribution in [0.4, 0.5) is 0 Å². The molecule has 28 heavy (non-hydrogen) atoms. The molecule has 0 N–H and O–H groups in total. The van der Waals surface area contributed by atoms with E-state index in [0.29, 0.717) is 0 Å². The van der Waals surface area contributed by atoms with Gasteiger partial charge in [0.2, 0.25) is 0 Å². The smallest absolute Gasteiger partial charge is 0.321 e. The summed E-state index contributed by atoms with van der Waals surface area (Å²) in [5.41, 5.74) is 4.00. The van der Waals surface area contributed by atoms with Crippen molar-refractivity contribution >= 4 is 23.9 Å². The predicted octanol–water partition coefficient (Wildman–Crippen LogP) is 2.62. The third kappa shape index (κ3) is 1.93. The molecule has 2 saturated heterocycles. The Kier molecular flexibility index (Phi) is 3.37. The Balaban J connectivity index is 1.66. The second-order valence-electron chi connectivity index (χ2n) is 9.07. The zero-order chi connectivity index (χ0) is 19.2. The fourth-order valence-corrected chi connectivity index (χ4v) is 7.04. The van der Waals surface area contributed by atoms with E-state index in [0.717, 1.165) is 73.7 Å². The third-order valence-corrected chi connectivity index (χ3v) is 7.96. The lowest BCUT2D eigenvalue weighted by Crippen LogP contribution is -2.44. The van der Waals surface area contributed by atoms with Gasteiger partial charge in [-0.2, -0.15) is 0 Å². The van der Waals surface area contributed by atoms with E-state index >= 15 is 0 Å². The topological polar surface area (TPSA) is 86.7 Å². The Morgan fingerprint density at radius 2 is 1.00 bits per heavy atom. The van der Waals surface area contributed by atoms with Crippen molar-refractivity contribution in [3.05, 3.63) is 22.3 Å². The molecule has 0 aromatic rings. The van der Waals surface area contributed by atoms with Crippen molar-refractivity contribution in [3.63, 3.8) is 0 Å². The first-order valence-corrected chi connectivity index (χ1v) is 10.5. The summed E-state index contributed by atoms with van der Waals surface area (Å²) >= 11 is 0. The number of carbonyl (C=O) groups is 4. The molecule has 6 nitrogen and oxygen atoms in total. The van der Waals surface area contributed by atoms with Crippen LogP contribution in [-0.4, -0.2) is 23.9 Å². The molecule has 6 rings (SSSR count). The van der Waals surface area contributed by atoms with Gasteiger partial charge < -0.3 is 9.47 Å². The normalized spacial score (nSPS) is 41.7. The van der Waals surface area contributed by atoms with E-state index in [2.05, 4.69) is 0 Å². The SMILES string of the molecule is O=C1OC(=O)[C@H]2[C@@H]1C1=C3CCCC[C@H]3[C@H]3C(=O)OC(=O)[C@H]3C1=C1CCCC[C@H]12. The number of hydrogen-bond acceptors (Lipinski definition) is 6. The lowest BCUT2D eigenvalue weighted by atomic mass is 9.53. The Morgan fingerprint density at radius 1 is 0.571 bits per heavy atom. The standard InChI is InChI=1S/C22H22O6/c23-19-15-11-7-3-1-5-9(11)13-14(18(15)22(26)27-19)10-6-2-4-8-12(10)16-17(13)21(25)28-20(16)24/h11-12,15-18H,1-8H2/t11-,12-,15-,16-,17+,18+/m1/s1. The lowest BCUT2D eigenvalue weighted by Gasteiger charge is -2.47. The number of fused-ring (bicyclic) bond motifs is 9. The molecule has 2 saturated carbocycles. The van der Waals surface area contributed by atoms with Gasteiger partial charge in [0, 0.05) is 0 Å². The lowest BCUT2D eigenvalue weighted by molar-refractivity contribution is -0.155. The maximum absolute atomic E-state index is 12.8. The molecule has 4 fully saturated rings. The molecule has 0 bridgehead atoms. The monoisotopic (exact) mass is 382 g/mol. The summed E-state index contributed by atoms with van der Waals surface area (Å²) in [5.74, 6) is -3.99. The van der Waals surface area contributed by atoms with Crippen molar-refractivity contribution in [2.75, 3.05) is 0 Å². The van der Waals surface area contributed by atoms with Gasteiger partial charge in [-0.3, -0.25) is 19.2 Å². The maximum Gasteiger partial charge on any atom is 0.321 e. The summed E-state index contributed by atoms with van der Waals surface area (Å²) < 4.78 is 10.2. The van der Waals surface area contributed by atoms with E-state index < -0.39 is 47.5 Å². The highest BCUT2D eigenvalue weighted by Gasteiger charge is 2.63. The summed E-state index contributed by atoms with van der Waals surface area (Å²) in [6.07, 6.45) is 7.29. The Labute approximate surface area is 162 Å². The minimum atomic E-state index is -0.602. The van der Waals surface area contributed by atoms with Crippen LogP contribution in [0.5, 0.6) is 0 Å². The number of carbonyl (C=O) groups excluding carboxylic acids is 4. The fourth-order valence-electron chi connectivity index (χ4n) is 7.04. The summed E-state index contributed by atoms with van der Waals surface area (Å²) in [7, 11) is 0. The summed E-state index contributed by atoms with van der Waals surface area (Å²) in [5, 5.41) is 0. The number of ether oxygens (including phenoxy) is 2. The van der Waals surface area contributed by atoms with Crippen molar-refractivity contribution in [3.8, 4) is 0 Å². The van der Waals surface area contributed by atoms with Crippen LogP contribution in [0.15, 0.2) is 22.3 Å². The molecule has 146 valence electrons. The highest BCUT2D eigenvalue weighted by molar-refractivity contribution is 6.03. The second-order valence-corrected chi connectivity index (χ2v) is 9.07. The van der Waals surface area contributed by atoms with Crippen molar-refractivity contribution in [1.82, 2.24) is 0 Å². The van der Waals surface area contributed by atoms with E-state index in [1.165, 1.54) is 0 Å².